The molecule has 0 aliphatic carbocycles. The number of aryl methyl sites for hydroxylation is 4. The van der Waals surface area contributed by atoms with Crippen molar-refractivity contribution in [3.8, 4) is 11.4 Å². The second-order valence-corrected chi connectivity index (χ2v) is 14.4. The maximum atomic E-state index is 14.6. The molecular weight excluding hydrogens is 720 g/mol. The zero-order chi connectivity index (χ0) is 37.5. The van der Waals surface area contributed by atoms with Gasteiger partial charge in [0.05, 0.1) is 45.9 Å². The lowest BCUT2D eigenvalue weighted by Crippen LogP contribution is -2.35. The van der Waals surface area contributed by atoms with Crippen LogP contribution in [0.15, 0.2) is 65.5 Å². The first kappa shape index (κ1) is 36.2. The van der Waals surface area contributed by atoms with Gasteiger partial charge in [0.1, 0.15) is 23.2 Å². The van der Waals surface area contributed by atoms with E-state index in [1.54, 1.807) is 44.2 Å². The van der Waals surface area contributed by atoms with Crippen molar-refractivity contribution in [3.63, 3.8) is 0 Å². The van der Waals surface area contributed by atoms with Gasteiger partial charge < -0.3 is 15.2 Å². The summed E-state index contributed by atoms with van der Waals surface area (Å²) >= 11 is 6.68. The van der Waals surface area contributed by atoms with E-state index in [0.29, 0.717) is 23.1 Å². The highest BCUT2D eigenvalue weighted by atomic mass is 35.5. The first-order valence-electron chi connectivity index (χ1n) is 15.8. The van der Waals surface area contributed by atoms with Gasteiger partial charge in [0.2, 0.25) is 10.0 Å². The minimum Gasteiger partial charge on any atom is -0.497 e. The average molecular weight is 752 g/mol. The van der Waals surface area contributed by atoms with Crippen LogP contribution in [0.2, 0.25) is 5.02 Å². The fraction of sp³-hybridized carbons (Fsp3) is 0.229. The number of rotatable bonds is 11. The molecule has 3 aromatic carbocycles. The van der Waals surface area contributed by atoms with E-state index in [2.05, 4.69) is 25.1 Å². The van der Waals surface area contributed by atoms with Crippen molar-refractivity contribution in [2.45, 2.75) is 32.7 Å². The summed E-state index contributed by atoms with van der Waals surface area (Å²) in [5.74, 6) is -1.68. The van der Waals surface area contributed by atoms with Crippen molar-refractivity contribution in [2.75, 3.05) is 17.6 Å². The Labute approximate surface area is 300 Å². The van der Waals surface area contributed by atoms with Gasteiger partial charge in [-0.15, -0.1) is 0 Å². The Morgan fingerprint density at radius 3 is 2.35 bits per heavy atom. The van der Waals surface area contributed by atoms with Crippen LogP contribution in [0.25, 0.3) is 27.6 Å². The molecule has 0 saturated carbocycles. The van der Waals surface area contributed by atoms with E-state index in [1.165, 1.54) is 31.0 Å². The minimum absolute atomic E-state index is 0.0249. The van der Waals surface area contributed by atoms with E-state index >= 15 is 0 Å². The molecular formula is C35H32ClF2N7O6S. The summed E-state index contributed by atoms with van der Waals surface area (Å²) in [6, 6.07) is 13.0. The number of amides is 1. The molecule has 3 heterocycles. The smallest absolute Gasteiger partial charge is 0.405 e. The zero-order valence-electron chi connectivity index (χ0n) is 28.2. The molecule has 1 atom stereocenters. The van der Waals surface area contributed by atoms with E-state index in [4.69, 9.17) is 16.3 Å². The van der Waals surface area contributed by atoms with Crippen LogP contribution in [-0.2, 0) is 29.9 Å². The standard InChI is InChI=1S/C35H32ClF2N7O6S/c1-18-13-19(2)39-31-28(18)34(46)45(33(41-31)26(40-35(47)48)16-21-14-22(37)17-23(38)15-21)27-10-9-25(36)29-30(27)44(3)42-32(29)43-52(49,50)12-11-20-5-7-24(51-4)8-6-20/h5-10,13-15,17,26,40H,11-12,16H2,1-4H3,(H,42,43)(H,47,48)/t26-/m0/s1. The van der Waals surface area contributed by atoms with E-state index in [9.17, 15) is 31.9 Å². The topological polar surface area (TPSA) is 170 Å². The number of carboxylic acid groups (broad SMARTS) is 1. The molecule has 52 heavy (non-hydrogen) atoms. The highest BCUT2D eigenvalue weighted by Gasteiger charge is 2.28. The molecule has 0 radical (unpaired) electrons. The number of halogens is 3. The summed E-state index contributed by atoms with van der Waals surface area (Å²) in [5.41, 5.74) is 1.63. The van der Waals surface area contributed by atoms with Gasteiger partial charge in [0, 0.05) is 25.2 Å². The largest absolute Gasteiger partial charge is 0.497 e. The Hall–Kier alpha value is -5.61. The summed E-state index contributed by atoms with van der Waals surface area (Å²) in [4.78, 5) is 35.8. The van der Waals surface area contributed by atoms with E-state index in [0.717, 1.165) is 22.3 Å². The Bertz CT molecular complexity index is 2520. The zero-order valence-corrected chi connectivity index (χ0v) is 29.8. The van der Waals surface area contributed by atoms with Crippen LogP contribution in [0.5, 0.6) is 5.75 Å². The molecule has 13 nitrogen and oxygen atoms in total. The highest BCUT2D eigenvalue weighted by molar-refractivity contribution is 7.92. The number of fused-ring (bicyclic) bond motifs is 2. The molecule has 0 saturated heterocycles. The van der Waals surface area contributed by atoms with Crippen molar-refractivity contribution in [1.29, 1.82) is 0 Å². The molecule has 0 bridgehead atoms. The number of ether oxygens (including phenoxy) is 1. The van der Waals surface area contributed by atoms with Gasteiger partial charge >= 0.3 is 6.09 Å². The van der Waals surface area contributed by atoms with Gasteiger partial charge in [-0.05, 0) is 79.4 Å². The summed E-state index contributed by atoms with van der Waals surface area (Å²) in [6.07, 6.45) is -1.63. The normalized spacial score (nSPS) is 12.3. The van der Waals surface area contributed by atoms with Gasteiger partial charge in [-0.1, -0.05) is 23.7 Å². The van der Waals surface area contributed by atoms with Crippen LogP contribution in [0.4, 0.5) is 19.4 Å². The number of methoxy groups -OCH3 is 1. The Morgan fingerprint density at radius 2 is 1.69 bits per heavy atom. The number of nitrogens with one attached hydrogen (secondary N) is 2. The second-order valence-electron chi connectivity index (χ2n) is 12.2. The summed E-state index contributed by atoms with van der Waals surface area (Å²) in [5, 5.41) is 17.0. The van der Waals surface area contributed by atoms with Gasteiger partial charge in [0.15, 0.2) is 11.5 Å². The van der Waals surface area contributed by atoms with Gasteiger partial charge in [0.25, 0.3) is 5.56 Å². The van der Waals surface area contributed by atoms with Crippen LogP contribution < -0.4 is 20.3 Å². The number of sulfonamides is 1. The quantitative estimate of drug-likeness (QED) is 0.149. The predicted octanol–water partition coefficient (Wildman–Crippen LogP) is 5.76. The van der Waals surface area contributed by atoms with Crippen LogP contribution in [-0.4, -0.2) is 56.8 Å². The molecule has 0 unspecified atom stereocenters. The number of benzene rings is 3. The highest BCUT2D eigenvalue weighted by Crippen LogP contribution is 2.36. The van der Waals surface area contributed by atoms with Gasteiger partial charge in [-0.2, -0.15) is 5.10 Å². The molecule has 17 heteroatoms. The maximum absolute atomic E-state index is 14.6. The summed E-state index contributed by atoms with van der Waals surface area (Å²) in [6.45, 7) is 3.41. The molecule has 0 spiro atoms. The van der Waals surface area contributed by atoms with Crippen LogP contribution in [0.3, 0.4) is 0 Å². The average Bonchev–Trinajstić information content (AvgIpc) is 3.38. The molecule has 270 valence electrons. The molecule has 0 aliphatic heterocycles. The molecule has 3 aromatic heterocycles. The predicted molar refractivity (Wildman–Crippen MR) is 192 cm³/mol. The summed E-state index contributed by atoms with van der Waals surface area (Å²) < 4.78 is 65.3. The van der Waals surface area contributed by atoms with Crippen LogP contribution in [0.1, 0.15) is 34.3 Å². The lowest BCUT2D eigenvalue weighted by atomic mass is 10.0. The van der Waals surface area contributed by atoms with Crippen molar-refractivity contribution in [3.05, 3.63) is 116 Å². The number of nitrogens with zero attached hydrogens (tertiary/aromatic N) is 5. The number of hydrogen-bond donors (Lipinski definition) is 3. The van der Waals surface area contributed by atoms with Gasteiger partial charge in [-0.3, -0.25) is 18.8 Å². The third-order valence-corrected chi connectivity index (χ3v) is 9.95. The number of hydrogen-bond acceptors (Lipinski definition) is 8. The van der Waals surface area contributed by atoms with E-state index in [1.807, 2.05) is 0 Å². The molecule has 6 aromatic rings. The molecule has 0 aliphatic rings. The van der Waals surface area contributed by atoms with Crippen molar-refractivity contribution >= 4 is 55.5 Å². The van der Waals surface area contributed by atoms with Crippen LogP contribution in [0, 0.1) is 25.5 Å². The monoisotopic (exact) mass is 751 g/mol. The fourth-order valence-electron chi connectivity index (χ4n) is 6.18. The minimum atomic E-state index is -3.99. The SMILES string of the molecule is COc1ccc(CCS(=O)(=O)Nc2nn(C)c3c(-n4c([C@H](Cc5cc(F)cc(F)c5)NC(=O)O)nc5nc(C)cc(C)c5c4=O)ccc(Cl)c23)cc1. The van der Waals surface area contributed by atoms with Crippen LogP contribution >= 0.6 is 11.6 Å². The number of anilines is 1. The lowest BCUT2D eigenvalue weighted by Gasteiger charge is -2.23. The van der Waals surface area contributed by atoms with Crippen molar-refractivity contribution in [1.82, 2.24) is 29.6 Å². The van der Waals surface area contributed by atoms with Gasteiger partial charge in [-0.25, -0.2) is 32.0 Å². The van der Waals surface area contributed by atoms with Crippen molar-refractivity contribution in [2.24, 2.45) is 7.05 Å². The Kier molecular flexibility index (Phi) is 9.88. The second kappa shape index (κ2) is 14.2. The Morgan fingerprint density at radius 1 is 1.00 bits per heavy atom. The molecule has 0 fully saturated rings. The third-order valence-electron chi connectivity index (χ3n) is 8.39. The number of carbonyl (C=O) groups is 1. The van der Waals surface area contributed by atoms with Crippen molar-refractivity contribution < 1.29 is 31.8 Å². The Balaban J connectivity index is 1.52. The van der Waals surface area contributed by atoms with E-state index in [-0.39, 0.29) is 68.4 Å². The first-order chi connectivity index (χ1) is 24.6. The first-order valence-corrected chi connectivity index (χ1v) is 17.8. The maximum Gasteiger partial charge on any atom is 0.405 e. The summed E-state index contributed by atoms with van der Waals surface area (Å²) in [7, 11) is -0.931. The molecule has 6 rings (SSSR count). The van der Waals surface area contributed by atoms with E-state index < -0.39 is 39.4 Å². The molecule has 1 amide bonds. The molecule has 3 N–H and O–H groups in total. The number of aromatic nitrogens is 5. The fourth-order valence-corrected chi connectivity index (χ4v) is 7.46. The third kappa shape index (κ3) is 7.38. The number of pyridine rings is 1. The lowest BCUT2D eigenvalue weighted by molar-refractivity contribution is 0.189.